The molecular formula is C22H19IN2O2. The van der Waals surface area contributed by atoms with Crippen molar-refractivity contribution < 1.29 is 9.53 Å². The van der Waals surface area contributed by atoms with E-state index in [9.17, 15) is 4.79 Å². The summed E-state index contributed by atoms with van der Waals surface area (Å²) in [5.74, 6) is 0.554. The predicted molar refractivity (Wildman–Crippen MR) is 116 cm³/mol. The molecule has 0 aromatic heterocycles. The molecule has 3 aromatic rings. The number of hydrogen-bond acceptors (Lipinski definition) is 3. The SMILES string of the molecule is Cc1ccc(C(=O)N/N=C\c2ccc(OCc3ccc(I)cc3)cc2)cc1. The topological polar surface area (TPSA) is 50.7 Å². The summed E-state index contributed by atoms with van der Waals surface area (Å²) < 4.78 is 6.98. The van der Waals surface area contributed by atoms with E-state index in [-0.39, 0.29) is 5.91 Å². The quantitative estimate of drug-likeness (QED) is 0.315. The third-order valence-electron chi connectivity index (χ3n) is 3.89. The van der Waals surface area contributed by atoms with E-state index in [4.69, 9.17) is 4.74 Å². The van der Waals surface area contributed by atoms with E-state index in [1.54, 1.807) is 18.3 Å². The molecule has 5 heteroatoms. The number of nitrogens with zero attached hydrogens (tertiary/aromatic N) is 1. The van der Waals surface area contributed by atoms with Crippen LogP contribution >= 0.6 is 22.6 Å². The van der Waals surface area contributed by atoms with Gasteiger partial charge in [-0.3, -0.25) is 4.79 Å². The lowest BCUT2D eigenvalue weighted by molar-refractivity contribution is 0.0955. The van der Waals surface area contributed by atoms with Crippen LogP contribution in [0.4, 0.5) is 0 Å². The molecule has 0 radical (unpaired) electrons. The molecule has 3 aromatic carbocycles. The molecule has 1 amide bonds. The molecule has 27 heavy (non-hydrogen) atoms. The first-order chi connectivity index (χ1) is 13.1. The summed E-state index contributed by atoms with van der Waals surface area (Å²) in [6.45, 7) is 2.50. The first-order valence-electron chi connectivity index (χ1n) is 8.47. The summed E-state index contributed by atoms with van der Waals surface area (Å²) in [5, 5.41) is 4.01. The fourth-order valence-electron chi connectivity index (χ4n) is 2.33. The zero-order chi connectivity index (χ0) is 19.1. The molecule has 0 spiro atoms. The molecule has 0 heterocycles. The molecule has 0 atom stereocenters. The van der Waals surface area contributed by atoms with Crippen LogP contribution in [0, 0.1) is 10.5 Å². The van der Waals surface area contributed by atoms with Crippen molar-refractivity contribution in [2.75, 3.05) is 0 Å². The Morgan fingerprint density at radius 1 is 1.00 bits per heavy atom. The lowest BCUT2D eigenvalue weighted by Gasteiger charge is -2.06. The number of hydrazone groups is 1. The second-order valence-corrected chi connectivity index (χ2v) is 7.29. The molecule has 0 unspecified atom stereocenters. The molecule has 0 bridgehead atoms. The maximum Gasteiger partial charge on any atom is 0.271 e. The number of carbonyl (C=O) groups is 1. The van der Waals surface area contributed by atoms with Gasteiger partial charge in [-0.2, -0.15) is 5.10 Å². The number of nitrogens with one attached hydrogen (secondary N) is 1. The van der Waals surface area contributed by atoms with Gasteiger partial charge in [0.2, 0.25) is 0 Å². The van der Waals surface area contributed by atoms with Crippen molar-refractivity contribution in [2.24, 2.45) is 5.10 Å². The van der Waals surface area contributed by atoms with Crippen molar-refractivity contribution in [2.45, 2.75) is 13.5 Å². The molecule has 0 saturated heterocycles. The Balaban J connectivity index is 1.50. The van der Waals surface area contributed by atoms with E-state index in [0.717, 1.165) is 22.4 Å². The molecule has 3 rings (SSSR count). The summed E-state index contributed by atoms with van der Waals surface area (Å²) in [7, 11) is 0. The van der Waals surface area contributed by atoms with Gasteiger partial charge in [-0.05, 0) is 89.2 Å². The minimum Gasteiger partial charge on any atom is -0.489 e. The first kappa shape index (κ1) is 19.1. The molecule has 0 fully saturated rings. The number of aryl methyl sites for hydroxylation is 1. The lowest BCUT2D eigenvalue weighted by atomic mass is 10.1. The van der Waals surface area contributed by atoms with Gasteiger partial charge >= 0.3 is 0 Å². The van der Waals surface area contributed by atoms with Crippen LogP contribution in [-0.4, -0.2) is 12.1 Å². The smallest absolute Gasteiger partial charge is 0.271 e. The molecule has 0 aliphatic heterocycles. The minimum absolute atomic E-state index is 0.233. The van der Waals surface area contributed by atoms with E-state index < -0.39 is 0 Å². The number of hydrogen-bond donors (Lipinski definition) is 1. The van der Waals surface area contributed by atoms with E-state index in [0.29, 0.717) is 12.2 Å². The highest BCUT2D eigenvalue weighted by molar-refractivity contribution is 14.1. The van der Waals surface area contributed by atoms with Crippen molar-refractivity contribution in [1.82, 2.24) is 5.43 Å². The van der Waals surface area contributed by atoms with E-state index in [2.05, 4.69) is 57.4 Å². The van der Waals surface area contributed by atoms with Crippen LogP contribution in [0.25, 0.3) is 0 Å². The summed E-state index contributed by atoms with van der Waals surface area (Å²) in [5.41, 5.74) is 6.22. The summed E-state index contributed by atoms with van der Waals surface area (Å²) in [6.07, 6.45) is 1.61. The molecule has 1 N–H and O–H groups in total. The average Bonchev–Trinajstić information content (AvgIpc) is 2.69. The third-order valence-corrected chi connectivity index (χ3v) is 4.61. The highest BCUT2D eigenvalue weighted by Gasteiger charge is 2.02. The van der Waals surface area contributed by atoms with Crippen molar-refractivity contribution in [3.8, 4) is 5.75 Å². The second-order valence-electron chi connectivity index (χ2n) is 6.05. The fraction of sp³-hybridized carbons (Fsp3) is 0.0909. The Morgan fingerprint density at radius 2 is 1.67 bits per heavy atom. The highest BCUT2D eigenvalue weighted by Crippen LogP contribution is 2.14. The van der Waals surface area contributed by atoms with Gasteiger partial charge in [0.1, 0.15) is 12.4 Å². The molecular weight excluding hydrogens is 451 g/mol. The Kier molecular flexibility index (Phi) is 6.59. The van der Waals surface area contributed by atoms with Crippen LogP contribution in [-0.2, 0) is 6.61 Å². The van der Waals surface area contributed by atoms with Gasteiger partial charge in [0.15, 0.2) is 0 Å². The molecule has 0 aliphatic rings. The Bertz CT molecular complexity index is 918. The van der Waals surface area contributed by atoms with Crippen LogP contribution < -0.4 is 10.2 Å². The second kappa shape index (κ2) is 9.32. The van der Waals surface area contributed by atoms with Gasteiger partial charge in [-0.15, -0.1) is 0 Å². The molecule has 136 valence electrons. The third kappa shape index (κ3) is 5.92. The van der Waals surface area contributed by atoms with Crippen LogP contribution in [0.1, 0.15) is 27.0 Å². The van der Waals surface area contributed by atoms with Gasteiger partial charge in [-0.25, -0.2) is 5.43 Å². The van der Waals surface area contributed by atoms with Crippen LogP contribution in [0.3, 0.4) is 0 Å². The van der Waals surface area contributed by atoms with Gasteiger partial charge in [-0.1, -0.05) is 29.8 Å². The minimum atomic E-state index is -0.233. The Hall–Kier alpha value is -2.67. The maximum atomic E-state index is 12.0. The van der Waals surface area contributed by atoms with Crippen molar-refractivity contribution in [1.29, 1.82) is 0 Å². The summed E-state index contributed by atoms with van der Waals surface area (Å²) >= 11 is 2.28. The average molecular weight is 470 g/mol. The van der Waals surface area contributed by atoms with Crippen LogP contribution in [0.15, 0.2) is 77.9 Å². The molecule has 4 nitrogen and oxygen atoms in total. The standard InChI is InChI=1S/C22H19IN2O2/c1-16-2-8-19(9-3-16)22(26)25-24-14-17-6-12-21(13-7-17)27-15-18-4-10-20(23)11-5-18/h2-14H,15H2,1H3,(H,25,26)/b24-14-. The molecule has 0 aliphatic carbocycles. The van der Waals surface area contributed by atoms with E-state index in [1.165, 1.54) is 3.57 Å². The summed E-state index contributed by atoms with van der Waals surface area (Å²) in [4.78, 5) is 12.0. The number of amides is 1. The highest BCUT2D eigenvalue weighted by atomic mass is 127. The number of rotatable bonds is 6. The van der Waals surface area contributed by atoms with Crippen LogP contribution in [0.2, 0.25) is 0 Å². The maximum absolute atomic E-state index is 12.0. The Morgan fingerprint density at radius 3 is 2.33 bits per heavy atom. The van der Waals surface area contributed by atoms with Gasteiger partial charge in [0.25, 0.3) is 5.91 Å². The number of benzene rings is 3. The lowest BCUT2D eigenvalue weighted by Crippen LogP contribution is -2.17. The first-order valence-corrected chi connectivity index (χ1v) is 9.55. The Labute approximate surface area is 172 Å². The number of halogens is 1. The zero-order valence-electron chi connectivity index (χ0n) is 14.9. The van der Waals surface area contributed by atoms with Gasteiger partial charge < -0.3 is 4.74 Å². The number of ether oxygens (including phenoxy) is 1. The normalized spacial score (nSPS) is 10.7. The van der Waals surface area contributed by atoms with Crippen molar-refractivity contribution >= 4 is 34.7 Å². The van der Waals surface area contributed by atoms with Gasteiger partial charge in [0.05, 0.1) is 6.21 Å². The van der Waals surface area contributed by atoms with E-state index >= 15 is 0 Å². The van der Waals surface area contributed by atoms with Crippen molar-refractivity contribution in [3.05, 3.63) is 98.6 Å². The summed E-state index contributed by atoms with van der Waals surface area (Å²) in [6, 6.07) is 23.1. The monoisotopic (exact) mass is 470 g/mol. The van der Waals surface area contributed by atoms with Gasteiger partial charge in [0, 0.05) is 9.13 Å². The predicted octanol–water partition coefficient (Wildman–Crippen LogP) is 4.94. The fourth-order valence-corrected chi connectivity index (χ4v) is 2.69. The largest absolute Gasteiger partial charge is 0.489 e. The van der Waals surface area contributed by atoms with Crippen LogP contribution in [0.5, 0.6) is 5.75 Å². The van der Waals surface area contributed by atoms with E-state index in [1.807, 2.05) is 43.3 Å². The molecule has 0 saturated carbocycles. The van der Waals surface area contributed by atoms with Crippen molar-refractivity contribution in [3.63, 3.8) is 0 Å². The number of carbonyl (C=O) groups excluding carboxylic acids is 1. The zero-order valence-corrected chi connectivity index (χ0v) is 17.0.